The number of rotatable bonds is 2. The van der Waals surface area contributed by atoms with Gasteiger partial charge in [0.05, 0.1) is 18.8 Å². The van der Waals surface area contributed by atoms with Crippen LogP contribution in [0.2, 0.25) is 0 Å². The Hall–Kier alpha value is -3.07. The molecule has 0 spiro atoms. The Morgan fingerprint density at radius 2 is 2.12 bits per heavy atom. The minimum absolute atomic E-state index is 0.111. The summed E-state index contributed by atoms with van der Waals surface area (Å²) in [4.78, 5) is 33.1. The monoisotopic (exact) mass is 340 g/mol. The predicted octanol–water partition coefficient (Wildman–Crippen LogP) is 0.563. The number of H-pyrrole nitrogens is 2. The number of carbonyl (C=O) groups excluding carboxylic acids is 1. The van der Waals surface area contributed by atoms with E-state index in [1.165, 1.54) is 6.07 Å². The largest absolute Gasteiger partial charge is 0.368 e. The molecular formula is C16H16N6O3. The molecule has 2 N–H and O–H groups in total. The summed E-state index contributed by atoms with van der Waals surface area (Å²) in [6.45, 7) is 2.92. The highest BCUT2D eigenvalue weighted by atomic mass is 16.5. The summed E-state index contributed by atoms with van der Waals surface area (Å²) in [5.41, 5.74) is 2.19. The Kier molecular flexibility index (Phi) is 3.77. The molecule has 1 fully saturated rings. The molecule has 1 unspecified atom stereocenters. The zero-order valence-electron chi connectivity index (χ0n) is 13.5. The molecular weight excluding hydrogens is 324 g/mol. The maximum atomic E-state index is 12.8. The van der Waals surface area contributed by atoms with E-state index in [2.05, 4.69) is 25.4 Å². The van der Waals surface area contributed by atoms with Crippen molar-refractivity contribution in [1.82, 2.24) is 30.3 Å². The average molecular weight is 340 g/mol. The van der Waals surface area contributed by atoms with Gasteiger partial charge in [-0.2, -0.15) is 15.4 Å². The van der Waals surface area contributed by atoms with Crippen molar-refractivity contribution >= 4 is 16.9 Å². The molecule has 3 aromatic rings. The molecule has 0 saturated carbocycles. The average Bonchev–Trinajstić information content (AvgIpc) is 3.08. The van der Waals surface area contributed by atoms with Gasteiger partial charge in [0.15, 0.2) is 0 Å². The maximum absolute atomic E-state index is 12.8. The Bertz CT molecular complexity index is 995. The number of nitrogens with one attached hydrogen (secondary N) is 2. The van der Waals surface area contributed by atoms with E-state index >= 15 is 0 Å². The lowest BCUT2D eigenvalue weighted by Gasteiger charge is -2.32. The van der Waals surface area contributed by atoms with Gasteiger partial charge in [-0.05, 0) is 25.1 Å². The summed E-state index contributed by atoms with van der Waals surface area (Å²) in [5, 5.41) is 10.5. The first kappa shape index (κ1) is 15.5. The fourth-order valence-corrected chi connectivity index (χ4v) is 2.94. The van der Waals surface area contributed by atoms with Crippen molar-refractivity contribution in [2.75, 3.05) is 19.7 Å². The lowest BCUT2D eigenvalue weighted by Crippen LogP contribution is -2.42. The molecule has 1 aliphatic rings. The van der Waals surface area contributed by atoms with Crippen LogP contribution in [0, 0.1) is 6.92 Å². The summed E-state index contributed by atoms with van der Waals surface area (Å²) in [6, 6.07) is 6.60. The maximum Gasteiger partial charge on any atom is 0.254 e. The van der Waals surface area contributed by atoms with Gasteiger partial charge in [0.1, 0.15) is 23.0 Å². The first-order valence-electron chi connectivity index (χ1n) is 7.89. The van der Waals surface area contributed by atoms with Crippen molar-refractivity contribution in [2.24, 2.45) is 0 Å². The lowest BCUT2D eigenvalue weighted by atomic mass is 10.1. The molecule has 0 aliphatic carbocycles. The van der Waals surface area contributed by atoms with Gasteiger partial charge in [0.2, 0.25) is 0 Å². The van der Waals surface area contributed by atoms with E-state index in [9.17, 15) is 9.59 Å². The highest BCUT2D eigenvalue weighted by molar-refractivity contribution is 5.97. The van der Waals surface area contributed by atoms with Crippen LogP contribution >= 0.6 is 0 Å². The molecule has 1 atom stereocenters. The van der Waals surface area contributed by atoms with Gasteiger partial charge < -0.3 is 14.6 Å². The van der Waals surface area contributed by atoms with Gasteiger partial charge in [-0.1, -0.05) is 0 Å². The van der Waals surface area contributed by atoms with Gasteiger partial charge in [-0.15, -0.1) is 0 Å². The second kappa shape index (κ2) is 6.10. The van der Waals surface area contributed by atoms with E-state index in [-0.39, 0.29) is 11.5 Å². The summed E-state index contributed by atoms with van der Waals surface area (Å²) >= 11 is 0. The number of fused-ring (bicyclic) bond motifs is 1. The fourth-order valence-electron chi connectivity index (χ4n) is 2.94. The Morgan fingerprint density at radius 1 is 1.28 bits per heavy atom. The van der Waals surface area contributed by atoms with Gasteiger partial charge in [-0.25, -0.2) is 4.98 Å². The number of aryl methyl sites for hydroxylation is 1. The number of ether oxygens (including phenoxy) is 1. The SMILES string of the molecule is Cc1nc(C2CN(C(=O)c3ccc4n[nH]nc4c3)CCO2)cc(=O)[nH]1. The topological polar surface area (TPSA) is 117 Å². The Labute approximate surface area is 142 Å². The zero-order valence-corrected chi connectivity index (χ0v) is 13.5. The third-order valence-electron chi connectivity index (χ3n) is 4.13. The van der Waals surface area contributed by atoms with Crippen LogP contribution in [0.3, 0.4) is 0 Å². The number of morpholine rings is 1. The molecule has 9 heteroatoms. The number of amides is 1. The molecule has 1 aliphatic heterocycles. The highest BCUT2D eigenvalue weighted by Gasteiger charge is 2.27. The number of hydrogen-bond acceptors (Lipinski definition) is 6. The molecule has 1 saturated heterocycles. The molecule has 0 radical (unpaired) electrons. The van der Waals surface area contributed by atoms with E-state index in [1.54, 1.807) is 30.0 Å². The summed E-state index contributed by atoms with van der Waals surface area (Å²) in [7, 11) is 0. The van der Waals surface area contributed by atoms with Crippen LogP contribution in [0.15, 0.2) is 29.1 Å². The number of aromatic nitrogens is 5. The first-order valence-corrected chi connectivity index (χ1v) is 7.89. The standard InChI is InChI=1S/C16H16N6O3/c1-9-17-13(7-15(23)18-9)14-8-22(4-5-25-14)16(24)10-2-3-11-12(6-10)20-21-19-11/h2-3,6-7,14H,4-5,8H2,1H3,(H,17,18,23)(H,19,20,21). The molecule has 25 heavy (non-hydrogen) atoms. The quantitative estimate of drug-likeness (QED) is 0.704. The number of benzene rings is 1. The highest BCUT2D eigenvalue weighted by Crippen LogP contribution is 2.22. The number of aromatic amines is 2. The van der Waals surface area contributed by atoms with Gasteiger partial charge in [-0.3, -0.25) is 9.59 Å². The van der Waals surface area contributed by atoms with E-state index in [0.717, 1.165) is 0 Å². The smallest absolute Gasteiger partial charge is 0.254 e. The Balaban J connectivity index is 1.57. The number of hydrogen-bond donors (Lipinski definition) is 2. The third-order valence-corrected chi connectivity index (χ3v) is 4.13. The van der Waals surface area contributed by atoms with E-state index in [4.69, 9.17) is 4.74 Å². The second-order valence-electron chi connectivity index (χ2n) is 5.89. The van der Waals surface area contributed by atoms with Crippen LogP contribution < -0.4 is 5.56 Å². The van der Waals surface area contributed by atoms with Crippen molar-refractivity contribution in [2.45, 2.75) is 13.0 Å². The molecule has 128 valence electrons. The molecule has 2 aromatic heterocycles. The van der Waals surface area contributed by atoms with Crippen LogP contribution in [-0.2, 0) is 4.74 Å². The lowest BCUT2D eigenvalue weighted by molar-refractivity contribution is -0.0248. The van der Waals surface area contributed by atoms with Gasteiger partial charge in [0.25, 0.3) is 11.5 Å². The van der Waals surface area contributed by atoms with Crippen LogP contribution in [0.4, 0.5) is 0 Å². The molecule has 9 nitrogen and oxygen atoms in total. The number of nitrogens with zero attached hydrogens (tertiary/aromatic N) is 4. The zero-order chi connectivity index (χ0) is 17.4. The molecule has 4 rings (SSSR count). The minimum atomic E-state index is -0.422. The van der Waals surface area contributed by atoms with Gasteiger partial charge in [0, 0.05) is 18.2 Å². The van der Waals surface area contributed by atoms with E-state index in [1.807, 2.05) is 0 Å². The Morgan fingerprint density at radius 3 is 2.96 bits per heavy atom. The minimum Gasteiger partial charge on any atom is -0.368 e. The fraction of sp³-hybridized carbons (Fsp3) is 0.312. The first-order chi connectivity index (χ1) is 12.1. The number of carbonyl (C=O) groups is 1. The molecule has 1 amide bonds. The summed E-state index contributed by atoms with van der Waals surface area (Å²) in [5.74, 6) is 0.408. The third kappa shape index (κ3) is 3.01. The normalized spacial score (nSPS) is 17.8. The molecule has 0 bridgehead atoms. The summed E-state index contributed by atoms with van der Waals surface area (Å²) < 4.78 is 5.71. The van der Waals surface area contributed by atoms with Gasteiger partial charge >= 0.3 is 0 Å². The predicted molar refractivity (Wildman–Crippen MR) is 88.1 cm³/mol. The van der Waals surface area contributed by atoms with E-state index < -0.39 is 6.10 Å². The molecule has 3 heterocycles. The van der Waals surface area contributed by atoms with Crippen molar-refractivity contribution in [1.29, 1.82) is 0 Å². The second-order valence-corrected chi connectivity index (χ2v) is 5.89. The van der Waals surface area contributed by atoms with Crippen LogP contribution in [0.1, 0.15) is 28.0 Å². The van der Waals surface area contributed by atoms with Crippen molar-refractivity contribution < 1.29 is 9.53 Å². The van der Waals surface area contributed by atoms with Crippen molar-refractivity contribution in [3.05, 3.63) is 51.7 Å². The van der Waals surface area contributed by atoms with Crippen LogP contribution in [0.25, 0.3) is 11.0 Å². The van der Waals surface area contributed by atoms with Crippen LogP contribution in [-0.4, -0.2) is 55.9 Å². The van der Waals surface area contributed by atoms with Crippen molar-refractivity contribution in [3.63, 3.8) is 0 Å². The van der Waals surface area contributed by atoms with Crippen molar-refractivity contribution in [3.8, 4) is 0 Å². The van der Waals surface area contributed by atoms with E-state index in [0.29, 0.717) is 47.8 Å². The van der Waals surface area contributed by atoms with Crippen LogP contribution in [0.5, 0.6) is 0 Å². The molecule has 1 aromatic carbocycles. The summed E-state index contributed by atoms with van der Waals surface area (Å²) in [6.07, 6.45) is -0.422.